The van der Waals surface area contributed by atoms with Crippen LogP contribution in [0.1, 0.15) is 0 Å². The molecule has 1 heterocycles. The van der Waals surface area contributed by atoms with Gasteiger partial charge in [-0.05, 0) is 17.4 Å². The fraction of sp³-hybridized carbons (Fsp3) is 0.125. The second-order valence-corrected chi connectivity index (χ2v) is 2.50. The van der Waals surface area contributed by atoms with Gasteiger partial charge in [-0.2, -0.15) is 0 Å². The predicted octanol–water partition coefficient (Wildman–Crippen LogP) is -1.48. The zero-order valence-corrected chi connectivity index (χ0v) is 5.74. The first-order valence-corrected chi connectivity index (χ1v) is 3.36. The summed E-state index contributed by atoms with van der Waals surface area (Å²) in [5, 5.41) is 10.8. The van der Waals surface area contributed by atoms with Crippen molar-refractivity contribution in [1.82, 2.24) is 4.98 Å². The number of hydrogen-bond donors (Lipinski definition) is 2. The van der Waals surface area contributed by atoms with Crippen molar-refractivity contribution in [2.75, 3.05) is 0 Å². The molecule has 0 fully saturated rings. The highest BCUT2D eigenvalue weighted by atomic mass is 16.3. The van der Waals surface area contributed by atoms with E-state index >= 15 is 0 Å². The van der Waals surface area contributed by atoms with Crippen molar-refractivity contribution in [2.45, 2.75) is 6.10 Å². The van der Waals surface area contributed by atoms with Crippen LogP contribution in [-0.2, 0) is 4.79 Å². The number of H-pyrrole nitrogens is 1. The number of aromatic amines is 1. The molecule has 3 heteroatoms. The molecule has 0 saturated carbocycles. The number of aromatic nitrogens is 1. The second-order valence-electron chi connectivity index (χ2n) is 2.50. The molecule has 0 bridgehead atoms. The molecule has 0 spiro atoms. The maximum absolute atomic E-state index is 10.9. The molecule has 0 aliphatic heterocycles. The van der Waals surface area contributed by atoms with Gasteiger partial charge >= 0.3 is 0 Å². The molecule has 11 heavy (non-hydrogen) atoms. The van der Waals surface area contributed by atoms with Gasteiger partial charge in [-0.1, -0.05) is 0 Å². The van der Waals surface area contributed by atoms with E-state index in [0.29, 0.717) is 0 Å². The molecule has 1 aliphatic rings. The van der Waals surface area contributed by atoms with E-state index in [1.165, 1.54) is 12.2 Å². The van der Waals surface area contributed by atoms with Gasteiger partial charge in [0.2, 0.25) is 0 Å². The van der Waals surface area contributed by atoms with Crippen LogP contribution >= 0.6 is 0 Å². The van der Waals surface area contributed by atoms with Crippen molar-refractivity contribution in [3.05, 3.63) is 22.8 Å². The van der Waals surface area contributed by atoms with E-state index in [1.807, 2.05) is 6.07 Å². The minimum absolute atomic E-state index is 0.264. The molecule has 3 nitrogen and oxygen atoms in total. The Kier molecular flexibility index (Phi) is 1.20. The van der Waals surface area contributed by atoms with E-state index in [-0.39, 0.29) is 5.78 Å². The van der Waals surface area contributed by atoms with Crippen LogP contribution in [0.2, 0.25) is 0 Å². The average Bonchev–Trinajstić information content (AvgIpc) is 2.36. The van der Waals surface area contributed by atoms with E-state index < -0.39 is 6.10 Å². The Morgan fingerprint density at radius 3 is 3.18 bits per heavy atom. The second kappa shape index (κ2) is 2.07. The maximum atomic E-state index is 10.9. The minimum atomic E-state index is -0.960. The van der Waals surface area contributed by atoms with Crippen molar-refractivity contribution >= 4 is 17.9 Å². The van der Waals surface area contributed by atoms with Crippen LogP contribution in [0, 0.1) is 0 Å². The largest absolute Gasteiger partial charge is 0.381 e. The zero-order valence-electron chi connectivity index (χ0n) is 5.74. The van der Waals surface area contributed by atoms with Crippen molar-refractivity contribution < 1.29 is 9.90 Å². The highest BCUT2D eigenvalue weighted by Crippen LogP contribution is 1.91. The molecule has 1 unspecified atom stereocenters. The Morgan fingerprint density at radius 1 is 1.55 bits per heavy atom. The minimum Gasteiger partial charge on any atom is -0.381 e. The quantitative estimate of drug-likeness (QED) is 0.472. The average molecular weight is 149 g/mol. The summed E-state index contributed by atoms with van der Waals surface area (Å²) in [4.78, 5) is 13.8. The smallest absolute Gasteiger partial charge is 0.190 e. The molecule has 2 rings (SSSR count). The molecular formula is C8H7NO2. The number of carbonyl (C=O) groups is 1. The summed E-state index contributed by atoms with van der Waals surface area (Å²) in [6, 6.07) is 1.82. The third-order valence-corrected chi connectivity index (χ3v) is 1.73. The topological polar surface area (TPSA) is 53.1 Å². The number of rotatable bonds is 0. The molecule has 1 aliphatic carbocycles. The Balaban J connectivity index is 2.78. The summed E-state index contributed by atoms with van der Waals surface area (Å²) in [6.45, 7) is 0. The van der Waals surface area contributed by atoms with Crippen molar-refractivity contribution in [3.8, 4) is 0 Å². The lowest BCUT2D eigenvalue weighted by Crippen LogP contribution is -2.34. The number of fused-ring (bicyclic) bond motifs is 1. The van der Waals surface area contributed by atoms with Crippen LogP contribution in [0.3, 0.4) is 0 Å². The third-order valence-electron chi connectivity index (χ3n) is 1.73. The molecule has 2 N–H and O–H groups in total. The number of ketones is 1. The van der Waals surface area contributed by atoms with Crippen LogP contribution in [0.15, 0.2) is 12.3 Å². The number of nitrogens with one attached hydrogen (secondary N) is 1. The molecule has 1 aromatic rings. The molecule has 56 valence electrons. The first kappa shape index (κ1) is 6.37. The van der Waals surface area contributed by atoms with Crippen LogP contribution < -0.4 is 10.6 Å². The van der Waals surface area contributed by atoms with E-state index in [1.54, 1.807) is 6.20 Å². The predicted molar refractivity (Wildman–Crippen MR) is 40.0 cm³/mol. The van der Waals surface area contributed by atoms with Crippen molar-refractivity contribution in [2.24, 2.45) is 0 Å². The SMILES string of the molecule is O=C1C=c2[nH]ccc2=CC1O. The summed E-state index contributed by atoms with van der Waals surface area (Å²) >= 11 is 0. The monoisotopic (exact) mass is 149 g/mol. The van der Waals surface area contributed by atoms with Crippen LogP contribution in [0.25, 0.3) is 12.2 Å². The lowest BCUT2D eigenvalue weighted by Gasteiger charge is -2.01. The van der Waals surface area contributed by atoms with E-state index in [0.717, 1.165) is 10.6 Å². The van der Waals surface area contributed by atoms with Gasteiger partial charge in [0.1, 0.15) is 6.10 Å². The molecule has 1 atom stereocenters. The third kappa shape index (κ3) is 0.897. The number of aliphatic hydroxyl groups is 1. The Bertz CT molecular complexity index is 402. The van der Waals surface area contributed by atoms with Crippen LogP contribution in [0.4, 0.5) is 0 Å². The highest BCUT2D eigenvalue weighted by Gasteiger charge is 2.12. The molecule has 0 saturated heterocycles. The lowest BCUT2D eigenvalue weighted by atomic mass is 10.1. The summed E-state index contributed by atoms with van der Waals surface area (Å²) in [5.41, 5.74) is 0. The van der Waals surface area contributed by atoms with E-state index in [9.17, 15) is 4.79 Å². The van der Waals surface area contributed by atoms with Crippen molar-refractivity contribution in [1.29, 1.82) is 0 Å². The first-order valence-electron chi connectivity index (χ1n) is 3.36. The van der Waals surface area contributed by atoms with Gasteiger partial charge in [-0.3, -0.25) is 4.79 Å². The van der Waals surface area contributed by atoms with E-state index in [4.69, 9.17) is 5.11 Å². The number of aliphatic hydroxyl groups excluding tert-OH is 1. The number of hydrogen-bond acceptors (Lipinski definition) is 2. The Labute approximate surface area is 62.7 Å². The maximum Gasteiger partial charge on any atom is 0.190 e. The molecule has 0 amide bonds. The van der Waals surface area contributed by atoms with Crippen molar-refractivity contribution in [3.63, 3.8) is 0 Å². The highest BCUT2D eigenvalue weighted by molar-refractivity contribution is 6.12. The molecular weight excluding hydrogens is 142 g/mol. The molecule has 1 aromatic heterocycles. The first-order chi connectivity index (χ1) is 5.27. The fourth-order valence-corrected chi connectivity index (χ4v) is 1.14. The van der Waals surface area contributed by atoms with Crippen LogP contribution in [-0.4, -0.2) is 22.0 Å². The summed E-state index contributed by atoms with van der Waals surface area (Å²) in [6.07, 6.45) is 3.73. The fourth-order valence-electron chi connectivity index (χ4n) is 1.14. The molecule has 0 aromatic carbocycles. The normalized spacial score (nSPS) is 21.9. The lowest BCUT2D eigenvalue weighted by molar-refractivity contribution is -0.118. The van der Waals surface area contributed by atoms with Gasteiger partial charge in [0.15, 0.2) is 5.78 Å². The summed E-state index contributed by atoms with van der Waals surface area (Å²) in [7, 11) is 0. The molecule has 0 radical (unpaired) electrons. The zero-order chi connectivity index (χ0) is 7.84. The summed E-state index contributed by atoms with van der Waals surface area (Å²) in [5.74, 6) is -0.264. The Hall–Kier alpha value is -1.35. The van der Waals surface area contributed by atoms with Gasteiger partial charge in [-0.15, -0.1) is 0 Å². The van der Waals surface area contributed by atoms with Gasteiger partial charge < -0.3 is 10.1 Å². The van der Waals surface area contributed by atoms with Crippen LogP contribution in [0.5, 0.6) is 0 Å². The van der Waals surface area contributed by atoms with Gasteiger partial charge in [0.05, 0.1) is 0 Å². The van der Waals surface area contributed by atoms with Gasteiger partial charge in [-0.25, -0.2) is 0 Å². The number of carbonyl (C=O) groups excluding carboxylic acids is 1. The van der Waals surface area contributed by atoms with E-state index in [2.05, 4.69) is 4.98 Å². The standard InChI is InChI=1S/C8H7NO2/c10-7-3-5-1-2-9-6(5)4-8(7)11/h1-4,7,9-10H. The van der Waals surface area contributed by atoms with Gasteiger partial charge in [0.25, 0.3) is 0 Å². The Morgan fingerprint density at radius 2 is 2.36 bits per heavy atom. The summed E-state index contributed by atoms with van der Waals surface area (Å²) < 4.78 is 0. The number of Topliss-reactive ketones (excluding diaryl/α,β-unsaturated/α-hetero) is 1. The van der Waals surface area contributed by atoms with Gasteiger partial charge in [0, 0.05) is 17.6 Å².